The number of hydrogen-bond donors (Lipinski definition) is 6. The molecule has 4 rings (SSSR count). The molecule has 0 radical (unpaired) electrons. The van der Waals surface area contributed by atoms with E-state index < -0.39 is 42.8 Å². The molecule has 0 bridgehead atoms. The van der Waals surface area contributed by atoms with Crippen LogP contribution in [0.5, 0.6) is 0 Å². The van der Waals surface area contributed by atoms with Crippen LogP contribution in [-0.4, -0.2) is 103 Å². The molecular weight excluding hydrogens is 424 g/mol. The van der Waals surface area contributed by atoms with Gasteiger partial charge in [0.25, 0.3) is 0 Å². The van der Waals surface area contributed by atoms with E-state index >= 15 is 0 Å². The molecule has 2 aliphatic rings. The molecule has 0 saturated carbocycles. The molecule has 2 saturated heterocycles. The zero-order chi connectivity index (χ0) is 23.5. The van der Waals surface area contributed by atoms with Crippen LogP contribution in [0.3, 0.4) is 0 Å². The van der Waals surface area contributed by atoms with Crippen molar-refractivity contribution in [3.8, 4) is 11.1 Å². The van der Waals surface area contributed by atoms with E-state index in [1.54, 1.807) is 9.80 Å². The summed E-state index contributed by atoms with van der Waals surface area (Å²) >= 11 is 0. The van der Waals surface area contributed by atoms with Crippen molar-refractivity contribution in [1.82, 2.24) is 9.80 Å². The van der Waals surface area contributed by atoms with Gasteiger partial charge in [-0.25, -0.2) is 0 Å². The molecule has 180 valence electrons. The number of aliphatic hydroxyl groups excluding tert-OH is 6. The fraction of sp³-hybridized carbons (Fsp3) is 0.520. The van der Waals surface area contributed by atoms with Gasteiger partial charge in [-0.3, -0.25) is 9.80 Å². The van der Waals surface area contributed by atoms with Gasteiger partial charge in [-0.05, 0) is 29.5 Å². The largest absolute Gasteiger partial charge is 0.389 e. The molecular formula is C25H34N2O6. The number of benzene rings is 2. The zero-order valence-electron chi connectivity index (χ0n) is 18.6. The molecule has 7 atom stereocenters. The van der Waals surface area contributed by atoms with Crippen LogP contribution in [0.15, 0.2) is 54.6 Å². The first-order valence-corrected chi connectivity index (χ1v) is 11.6. The van der Waals surface area contributed by atoms with E-state index in [0.717, 1.165) is 29.5 Å². The second kappa shape index (κ2) is 10.6. The highest BCUT2D eigenvalue weighted by Gasteiger charge is 2.48. The molecule has 5 unspecified atom stereocenters. The first-order valence-electron chi connectivity index (χ1n) is 11.6. The Morgan fingerprint density at radius 3 is 2.03 bits per heavy atom. The summed E-state index contributed by atoms with van der Waals surface area (Å²) in [4.78, 5) is 3.36. The molecule has 2 heterocycles. The summed E-state index contributed by atoms with van der Waals surface area (Å²) in [5, 5.41) is 63.1. The van der Waals surface area contributed by atoms with Gasteiger partial charge in [-0.15, -0.1) is 0 Å². The third-order valence-electron chi connectivity index (χ3n) is 6.90. The Morgan fingerprint density at radius 1 is 0.788 bits per heavy atom. The van der Waals surface area contributed by atoms with E-state index in [2.05, 4.69) is 0 Å². The lowest BCUT2D eigenvalue weighted by molar-refractivity contribution is -0.162. The maximum absolute atomic E-state index is 10.9. The summed E-state index contributed by atoms with van der Waals surface area (Å²) in [5.41, 5.74) is 3.07. The Bertz CT molecular complexity index is 876. The lowest BCUT2D eigenvalue weighted by Gasteiger charge is -2.37. The Balaban J connectivity index is 1.45. The predicted molar refractivity (Wildman–Crippen MR) is 123 cm³/mol. The Kier molecular flexibility index (Phi) is 7.78. The van der Waals surface area contributed by atoms with Gasteiger partial charge in [0, 0.05) is 26.2 Å². The highest BCUT2D eigenvalue weighted by Crippen LogP contribution is 2.28. The van der Waals surface area contributed by atoms with Gasteiger partial charge < -0.3 is 30.6 Å². The third kappa shape index (κ3) is 5.29. The van der Waals surface area contributed by atoms with Crippen LogP contribution in [0, 0.1) is 0 Å². The summed E-state index contributed by atoms with van der Waals surface area (Å²) < 4.78 is 0. The van der Waals surface area contributed by atoms with E-state index in [9.17, 15) is 30.6 Å². The second-order valence-electron chi connectivity index (χ2n) is 9.17. The van der Waals surface area contributed by atoms with Gasteiger partial charge in [0.05, 0.1) is 18.2 Å². The summed E-state index contributed by atoms with van der Waals surface area (Å²) in [5.74, 6) is 0. The minimum Gasteiger partial charge on any atom is -0.389 e. The van der Waals surface area contributed by atoms with Crippen LogP contribution in [-0.2, 0) is 6.54 Å². The molecule has 0 aliphatic carbocycles. The van der Waals surface area contributed by atoms with E-state index in [1.807, 2.05) is 54.6 Å². The maximum atomic E-state index is 10.9. The number of hydrogen-bond acceptors (Lipinski definition) is 8. The number of aliphatic hydroxyl groups is 6. The SMILES string of the molecule is OC1CN(Cc2ccc(-c3ccccc3)cc2)C(C(O)[C@@H](O)[C@@H](O)C(O)N2CCCC2)C1O. The number of likely N-dealkylation sites (tertiary alicyclic amines) is 2. The summed E-state index contributed by atoms with van der Waals surface area (Å²) in [6.45, 7) is 1.66. The first kappa shape index (κ1) is 24.3. The fourth-order valence-electron chi connectivity index (χ4n) is 4.97. The average Bonchev–Trinajstić information content (AvgIpc) is 3.47. The Hall–Kier alpha value is -1.88. The molecule has 2 aromatic carbocycles. The molecule has 33 heavy (non-hydrogen) atoms. The monoisotopic (exact) mass is 458 g/mol. The number of β-amino-alcohol motifs (C(OH)–C–C–N with tert-alkyl or cyclic N) is 1. The predicted octanol–water partition coefficient (Wildman–Crippen LogP) is -0.244. The minimum absolute atomic E-state index is 0.112. The van der Waals surface area contributed by atoms with E-state index in [0.29, 0.717) is 19.6 Å². The lowest BCUT2D eigenvalue weighted by atomic mass is 9.95. The molecule has 8 nitrogen and oxygen atoms in total. The normalized spacial score (nSPS) is 28.0. The number of rotatable bonds is 8. The van der Waals surface area contributed by atoms with Gasteiger partial charge in [0.2, 0.25) is 0 Å². The first-order chi connectivity index (χ1) is 15.9. The van der Waals surface area contributed by atoms with Crippen molar-refractivity contribution in [3.63, 3.8) is 0 Å². The third-order valence-corrected chi connectivity index (χ3v) is 6.90. The molecule has 2 aromatic rings. The van der Waals surface area contributed by atoms with Crippen molar-refractivity contribution in [2.24, 2.45) is 0 Å². The highest BCUT2D eigenvalue weighted by atomic mass is 16.4. The Labute approximate surface area is 194 Å². The molecule has 0 amide bonds. The van der Waals surface area contributed by atoms with Gasteiger partial charge in [0.1, 0.15) is 24.5 Å². The molecule has 0 spiro atoms. The second-order valence-corrected chi connectivity index (χ2v) is 9.17. The Morgan fingerprint density at radius 2 is 1.39 bits per heavy atom. The standard InChI is InChI=1S/C25H34N2O6/c28-19-15-27(14-16-8-10-18(11-9-16)17-6-2-1-3-7-17)20(21(19)29)22(30)23(31)24(32)25(33)26-12-4-5-13-26/h1-3,6-11,19-25,28-33H,4-5,12-15H2/t19?,20?,21?,22?,23-,24-,25?/m1/s1. The van der Waals surface area contributed by atoms with Gasteiger partial charge in [0.15, 0.2) is 0 Å². The smallest absolute Gasteiger partial charge is 0.136 e. The molecule has 2 aliphatic heterocycles. The molecule has 0 aromatic heterocycles. The van der Waals surface area contributed by atoms with Crippen molar-refractivity contribution >= 4 is 0 Å². The van der Waals surface area contributed by atoms with E-state index in [4.69, 9.17) is 0 Å². The van der Waals surface area contributed by atoms with Crippen molar-refractivity contribution < 1.29 is 30.6 Å². The van der Waals surface area contributed by atoms with E-state index in [1.165, 1.54) is 0 Å². The van der Waals surface area contributed by atoms with Gasteiger partial charge >= 0.3 is 0 Å². The van der Waals surface area contributed by atoms with Gasteiger partial charge in [-0.1, -0.05) is 54.6 Å². The zero-order valence-corrected chi connectivity index (χ0v) is 18.6. The average molecular weight is 459 g/mol. The van der Waals surface area contributed by atoms with E-state index in [-0.39, 0.29) is 6.54 Å². The van der Waals surface area contributed by atoms with Crippen LogP contribution >= 0.6 is 0 Å². The quantitative estimate of drug-likeness (QED) is 0.320. The van der Waals surface area contributed by atoms with Crippen molar-refractivity contribution in [2.45, 2.75) is 62.2 Å². The van der Waals surface area contributed by atoms with Crippen molar-refractivity contribution in [2.75, 3.05) is 19.6 Å². The maximum Gasteiger partial charge on any atom is 0.136 e. The lowest BCUT2D eigenvalue weighted by Crippen LogP contribution is -2.57. The van der Waals surface area contributed by atoms with Crippen LogP contribution < -0.4 is 0 Å². The fourth-order valence-corrected chi connectivity index (χ4v) is 4.97. The van der Waals surface area contributed by atoms with Crippen molar-refractivity contribution in [1.29, 1.82) is 0 Å². The van der Waals surface area contributed by atoms with Crippen LogP contribution in [0.1, 0.15) is 18.4 Å². The van der Waals surface area contributed by atoms with Crippen LogP contribution in [0.4, 0.5) is 0 Å². The number of nitrogens with zero attached hydrogens (tertiary/aromatic N) is 2. The van der Waals surface area contributed by atoms with Crippen LogP contribution in [0.2, 0.25) is 0 Å². The molecule has 2 fully saturated rings. The molecule has 6 N–H and O–H groups in total. The summed E-state index contributed by atoms with van der Waals surface area (Å²) in [6.07, 6.45) is -6.76. The van der Waals surface area contributed by atoms with Crippen LogP contribution in [0.25, 0.3) is 11.1 Å². The van der Waals surface area contributed by atoms with Crippen molar-refractivity contribution in [3.05, 3.63) is 60.2 Å². The summed E-state index contributed by atoms with van der Waals surface area (Å²) in [7, 11) is 0. The topological polar surface area (TPSA) is 128 Å². The highest BCUT2D eigenvalue weighted by molar-refractivity contribution is 5.63. The van der Waals surface area contributed by atoms with Gasteiger partial charge in [-0.2, -0.15) is 0 Å². The minimum atomic E-state index is -1.69. The summed E-state index contributed by atoms with van der Waals surface area (Å²) in [6, 6.07) is 16.8. The molecule has 8 heteroatoms.